The lowest BCUT2D eigenvalue weighted by atomic mass is 10.3. The molecule has 2 nitrogen and oxygen atoms in total. The topological polar surface area (TPSA) is 17.3 Å². The Morgan fingerprint density at radius 3 is 3.18 bits per heavy atom. The molecule has 0 amide bonds. The van der Waals surface area contributed by atoms with Crippen molar-refractivity contribution in [1.29, 1.82) is 0 Å². The minimum Gasteiger partial charge on any atom is -0.305 e. The normalized spacial score (nSPS) is 10.7. The molecule has 2 heterocycles. The van der Waals surface area contributed by atoms with Gasteiger partial charge in [-0.2, -0.15) is 0 Å². The van der Waals surface area contributed by atoms with Crippen molar-refractivity contribution >= 4 is 17.1 Å². The van der Waals surface area contributed by atoms with Gasteiger partial charge in [-0.05, 0) is 18.6 Å². The highest BCUT2D eigenvalue weighted by atomic mass is 35.5. The minimum atomic E-state index is 0.774. The Morgan fingerprint density at radius 2 is 2.36 bits per heavy atom. The first-order valence-corrected chi connectivity index (χ1v) is 3.73. The van der Waals surface area contributed by atoms with E-state index in [1.807, 2.05) is 29.8 Å². The van der Waals surface area contributed by atoms with Crippen LogP contribution in [-0.4, -0.2) is 9.38 Å². The fourth-order valence-corrected chi connectivity index (χ4v) is 1.21. The number of aryl methyl sites for hydroxylation is 1. The third-order valence-electron chi connectivity index (χ3n) is 1.69. The first-order valence-electron chi connectivity index (χ1n) is 3.35. The predicted molar refractivity (Wildman–Crippen MR) is 44.9 cm³/mol. The maximum Gasteiger partial charge on any atom is 0.0992 e. The molecule has 0 atom stereocenters. The standard InChI is InChI=1S/C8H7ClN2/c1-6-2-7-3-10-5-11(7)4-8(6)9/h2-5H,1H3. The van der Waals surface area contributed by atoms with E-state index < -0.39 is 0 Å². The van der Waals surface area contributed by atoms with E-state index in [-0.39, 0.29) is 0 Å². The van der Waals surface area contributed by atoms with Gasteiger partial charge in [0.25, 0.3) is 0 Å². The van der Waals surface area contributed by atoms with Crippen molar-refractivity contribution in [1.82, 2.24) is 9.38 Å². The van der Waals surface area contributed by atoms with Crippen LogP contribution < -0.4 is 0 Å². The van der Waals surface area contributed by atoms with Crippen LogP contribution in [0, 0.1) is 6.92 Å². The lowest BCUT2D eigenvalue weighted by Crippen LogP contribution is -1.83. The average Bonchev–Trinajstić information content (AvgIpc) is 2.36. The van der Waals surface area contributed by atoms with Crippen LogP contribution in [0.2, 0.25) is 5.02 Å². The molecule has 0 radical (unpaired) electrons. The SMILES string of the molecule is Cc1cc2cncn2cc1Cl. The fraction of sp³-hybridized carbons (Fsp3) is 0.125. The number of aromatic nitrogens is 2. The van der Waals surface area contributed by atoms with Crippen molar-refractivity contribution in [3.05, 3.63) is 35.4 Å². The van der Waals surface area contributed by atoms with E-state index in [0.29, 0.717) is 0 Å². The number of halogens is 1. The molecule has 2 aromatic heterocycles. The van der Waals surface area contributed by atoms with Crippen molar-refractivity contribution in [2.75, 3.05) is 0 Å². The van der Waals surface area contributed by atoms with Gasteiger partial charge >= 0.3 is 0 Å². The molecule has 0 unspecified atom stereocenters. The summed E-state index contributed by atoms with van der Waals surface area (Å²) in [5.74, 6) is 0. The minimum absolute atomic E-state index is 0.774. The van der Waals surface area contributed by atoms with Crippen LogP contribution in [-0.2, 0) is 0 Å². The number of fused-ring (bicyclic) bond motifs is 1. The zero-order chi connectivity index (χ0) is 7.84. The van der Waals surface area contributed by atoms with Gasteiger partial charge in [0.2, 0.25) is 0 Å². The van der Waals surface area contributed by atoms with E-state index in [0.717, 1.165) is 16.1 Å². The molecule has 0 aromatic carbocycles. The Labute approximate surface area is 69.4 Å². The molecule has 0 bridgehead atoms. The zero-order valence-corrected chi connectivity index (χ0v) is 6.84. The summed E-state index contributed by atoms with van der Waals surface area (Å²) in [6.45, 7) is 1.98. The van der Waals surface area contributed by atoms with E-state index >= 15 is 0 Å². The molecule has 3 heteroatoms. The Morgan fingerprint density at radius 1 is 1.55 bits per heavy atom. The summed E-state index contributed by atoms with van der Waals surface area (Å²) in [7, 11) is 0. The van der Waals surface area contributed by atoms with Gasteiger partial charge in [0.05, 0.1) is 23.1 Å². The van der Waals surface area contributed by atoms with E-state index in [1.54, 1.807) is 6.33 Å². The molecule has 0 spiro atoms. The smallest absolute Gasteiger partial charge is 0.0992 e. The van der Waals surface area contributed by atoms with Gasteiger partial charge in [-0.3, -0.25) is 0 Å². The summed E-state index contributed by atoms with van der Waals surface area (Å²) in [4.78, 5) is 3.99. The monoisotopic (exact) mass is 166 g/mol. The Kier molecular flexibility index (Phi) is 1.36. The molecule has 2 aromatic rings. The number of hydrogen-bond donors (Lipinski definition) is 0. The van der Waals surface area contributed by atoms with Crippen LogP contribution in [0.15, 0.2) is 24.8 Å². The number of pyridine rings is 1. The summed E-state index contributed by atoms with van der Waals surface area (Å²) in [5.41, 5.74) is 2.16. The van der Waals surface area contributed by atoms with E-state index in [4.69, 9.17) is 11.6 Å². The molecule has 2 rings (SSSR count). The quantitative estimate of drug-likeness (QED) is 0.587. The van der Waals surface area contributed by atoms with Gasteiger partial charge in [0.1, 0.15) is 0 Å². The molecule has 0 aliphatic heterocycles. The van der Waals surface area contributed by atoms with Crippen LogP contribution in [0.25, 0.3) is 5.52 Å². The predicted octanol–water partition coefficient (Wildman–Crippen LogP) is 2.30. The van der Waals surface area contributed by atoms with E-state index in [2.05, 4.69) is 4.98 Å². The number of hydrogen-bond acceptors (Lipinski definition) is 1. The molecule has 0 saturated carbocycles. The average molecular weight is 167 g/mol. The summed E-state index contributed by atoms with van der Waals surface area (Å²) in [5, 5.41) is 0.774. The molecule has 0 aliphatic carbocycles. The number of nitrogens with zero attached hydrogens (tertiary/aromatic N) is 2. The second kappa shape index (κ2) is 2.24. The zero-order valence-electron chi connectivity index (χ0n) is 6.08. The molecule has 0 saturated heterocycles. The highest BCUT2D eigenvalue weighted by molar-refractivity contribution is 6.31. The highest BCUT2D eigenvalue weighted by Gasteiger charge is 1.97. The molecular formula is C8H7ClN2. The number of rotatable bonds is 0. The van der Waals surface area contributed by atoms with Crippen LogP contribution in [0.5, 0.6) is 0 Å². The molecule has 0 fully saturated rings. The summed E-state index contributed by atoms with van der Waals surface area (Å²) < 4.78 is 1.90. The van der Waals surface area contributed by atoms with Gasteiger partial charge in [-0.15, -0.1) is 0 Å². The van der Waals surface area contributed by atoms with Crippen LogP contribution in [0.1, 0.15) is 5.56 Å². The van der Waals surface area contributed by atoms with E-state index in [1.165, 1.54) is 0 Å². The molecule has 0 aliphatic rings. The van der Waals surface area contributed by atoms with Crippen LogP contribution in [0.4, 0.5) is 0 Å². The van der Waals surface area contributed by atoms with Gasteiger partial charge in [-0.1, -0.05) is 11.6 Å². The molecule has 0 N–H and O–H groups in total. The van der Waals surface area contributed by atoms with Gasteiger partial charge < -0.3 is 4.40 Å². The summed E-state index contributed by atoms with van der Waals surface area (Å²) in [6, 6.07) is 2.01. The van der Waals surface area contributed by atoms with Crippen molar-refractivity contribution in [3.8, 4) is 0 Å². The second-order valence-electron chi connectivity index (χ2n) is 2.53. The lowest BCUT2D eigenvalue weighted by Gasteiger charge is -1.97. The maximum atomic E-state index is 5.90. The van der Waals surface area contributed by atoms with Crippen molar-refractivity contribution < 1.29 is 0 Å². The third-order valence-corrected chi connectivity index (χ3v) is 2.09. The highest BCUT2D eigenvalue weighted by Crippen LogP contribution is 2.16. The summed E-state index contributed by atoms with van der Waals surface area (Å²) >= 11 is 5.90. The third kappa shape index (κ3) is 0.994. The maximum absolute atomic E-state index is 5.90. The lowest BCUT2D eigenvalue weighted by molar-refractivity contribution is 1.14. The van der Waals surface area contributed by atoms with Crippen LogP contribution >= 0.6 is 11.6 Å². The Bertz CT molecular complexity index is 356. The van der Waals surface area contributed by atoms with Gasteiger partial charge in [0, 0.05) is 6.20 Å². The Balaban J connectivity index is 2.86. The van der Waals surface area contributed by atoms with Crippen molar-refractivity contribution in [3.63, 3.8) is 0 Å². The molecule has 56 valence electrons. The van der Waals surface area contributed by atoms with Crippen LogP contribution in [0.3, 0.4) is 0 Å². The largest absolute Gasteiger partial charge is 0.305 e. The van der Waals surface area contributed by atoms with Crippen molar-refractivity contribution in [2.45, 2.75) is 6.92 Å². The van der Waals surface area contributed by atoms with E-state index in [9.17, 15) is 0 Å². The first-order chi connectivity index (χ1) is 5.27. The number of imidazole rings is 1. The molecule has 11 heavy (non-hydrogen) atoms. The van der Waals surface area contributed by atoms with Crippen molar-refractivity contribution in [2.24, 2.45) is 0 Å². The Hall–Kier alpha value is -1.02. The van der Waals surface area contributed by atoms with Gasteiger partial charge in [-0.25, -0.2) is 4.98 Å². The fourth-order valence-electron chi connectivity index (χ4n) is 1.05. The second-order valence-corrected chi connectivity index (χ2v) is 2.94. The summed E-state index contributed by atoms with van der Waals surface area (Å²) in [6.07, 6.45) is 5.41. The molecular weight excluding hydrogens is 160 g/mol. The first kappa shape index (κ1) is 6.68. The van der Waals surface area contributed by atoms with Gasteiger partial charge in [0.15, 0.2) is 0 Å².